The Morgan fingerprint density at radius 3 is 2.42 bits per heavy atom. The van der Waals surface area contributed by atoms with E-state index < -0.39 is 11.2 Å². The topological polar surface area (TPSA) is 86.2 Å². The zero-order valence-corrected chi connectivity index (χ0v) is 17.5. The van der Waals surface area contributed by atoms with Crippen LogP contribution in [0.25, 0.3) is 11.2 Å². The van der Waals surface area contributed by atoms with E-state index in [-0.39, 0.29) is 22.9 Å². The highest BCUT2D eigenvalue weighted by atomic mass is 35.5. The summed E-state index contributed by atoms with van der Waals surface area (Å²) in [6.45, 7) is 0.301. The van der Waals surface area contributed by atoms with Gasteiger partial charge in [0.2, 0.25) is 5.95 Å². The van der Waals surface area contributed by atoms with Gasteiger partial charge in [-0.05, 0) is 35.4 Å². The quantitative estimate of drug-likeness (QED) is 0.382. The lowest BCUT2D eigenvalue weighted by atomic mass is 10.2. The molecule has 4 rings (SSSR count). The van der Waals surface area contributed by atoms with Crippen LogP contribution in [-0.2, 0) is 20.6 Å². The summed E-state index contributed by atoms with van der Waals surface area (Å²) >= 11 is 5.98. The summed E-state index contributed by atoms with van der Waals surface area (Å²) in [4.78, 5) is 29.6. The monoisotopic (exact) mass is 440 g/mol. The Balaban J connectivity index is 1.80. The second-order valence-electron chi connectivity index (χ2n) is 6.95. The van der Waals surface area contributed by atoms with E-state index in [9.17, 15) is 14.0 Å². The van der Waals surface area contributed by atoms with E-state index in [1.54, 1.807) is 35.9 Å². The van der Waals surface area contributed by atoms with Gasteiger partial charge in [-0.2, -0.15) is 10.1 Å². The van der Waals surface area contributed by atoms with Crippen molar-refractivity contribution in [3.8, 4) is 0 Å². The number of hydrazone groups is 1. The highest BCUT2D eigenvalue weighted by Crippen LogP contribution is 2.19. The van der Waals surface area contributed by atoms with Gasteiger partial charge >= 0.3 is 5.69 Å². The van der Waals surface area contributed by atoms with Gasteiger partial charge in [-0.1, -0.05) is 35.9 Å². The lowest BCUT2D eigenvalue weighted by molar-refractivity contribution is 0.628. The van der Waals surface area contributed by atoms with Crippen LogP contribution in [0.15, 0.2) is 63.2 Å². The summed E-state index contributed by atoms with van der Waals surface area (Å²) in [5, 5.41) is 4.76. The van der Waals surface area contributed by atoms with Crippen LogP contribution in [0.4, 0.5) is 10.3 Å². The molecule has 31 heavy (non-hydrogen) atoms. The van der Waals surface area contributed by atoms with Gasteiger partial charge < -0.3 is 0 Å². The number of imidazole rings is 1. The van der Waals surface area contributed by atoms with Crippen molar-refractivity contribution in [1.82, 2.24) is 18.7 Å². The van der Waals surface area contributed by atoms with Gasteiger partial charge in [0.15, 0.2) is 11.2 Å². The molecule has 4 aromatic rings. The van der Waals surface area contributed by atoms with Gasteiger partial charge in [0.25, 0.3) is 5.56 Å². The second-order valence-corrected chi connectivity index (χ2v) is 7.38. The van der Waals surface area contributed by atoms with E-state index in [0.29, 0.717) is 17.1 Å². The normalized spacial score (nSPS) is 11.5. The molecule has 0 saturated heterocycles. The Labute approximate surface area is 180 Å². The zero-order valence-electron chi connectivity index (χ0n) is 16.7. The number of fused-ring (bicyclic) bond motifs is 1. The fourth-order valence-electron chi connectivity index (χ4n) is 3.17. The van der Waals surface area contributed by atoms with E-state index >= 15 is 0 Å². The summed E-state index contributed by atoms with van der Waals surface area (Å²) in [5.41, 5.74) is 3.95. The van der Waals surface area contributed by atoms with Crippen molar-refractivity contribution in [3.05, 3.63) is 91.3 Å². The maximum absolute atomic E-state index is 13.1. The van der Waals surface area contributed by atoms with Crippen LogP contribution in [0.1, 0.15) is 11.1 Å². The third kappa shape index (κ3) is 3.99. The van der Waals surface area contributed by atoms with Gasteiger partial charge in [-0.25, -0.2) is 14.6 Å². The average Bonchev–Trinajstić information content (AvgIpc) is 3.12. The molecule has 0 spiro atoms. The van der Waals surface area contributed by atoms with E-state index in [2.05, 4.69) is 15.5 Å². The Morgan fingerprint density at radius 2 is 1.74 bits per heavy atom. The molecule has 0 aliphatic rings. The molecule has 0 fully saturated rings. The van der Waals surface area contributed by atoms with Gasteiger partial charge in [0.1, 0.15) is 5.82 Å². The second kappa shape index (κ2) is 8.19. The molecule has 1 N–H and O–H groups in total. The van der Waals surface area contributed by atoms with Crippen molar-refractivity contribution in [2.24, 2.45) is 19.2 Å². The van der Waals surface area contributed by atoms with Crippen LogP contribution < -0.4 is 16.7 Å². The number of aryl methyl sites for hydroxylation is 1. The van der Waals surface area contributed by atoms with Gasteiger partial charge in [-0.15, -0.1) is 0 Å². The van der Waals surface area contributed by atoms with Crippen LogP contribution in [-0.4, -0.2) is 24.9 Å². The first-order valence-electron chi connectivity index (χ1n) is 9.30. The van der Waals surface area contributed by atoms with Gasteiger partial charge in [0, 0.05) is 19.1 Å². The number of benzene rings is 2. The van der Waals surface area contributed by atoms with Crippen molar-refractivity contribution in [2.45, 2.75) is 6.54 Å². The number of halogens is 2. The van der Waals surface area contributed by atoms with E-state index in [1.165, 1.54) is 30.0 Å². The molecule has 0 aliphatic heterocycles. The Bertz CT molecular complexity index is 1400. The minimum atomic E-state index is -0.477. The average molecular weight is 441 g/mol. The van der Waals surface area contributed by atoms with Crippen LogP contribution in [0.2, 0.25) is 5.02 Å². The summed E-state index contributed by atoms with van der Waals surface area (Å²) in [7, 11) is 2.97. The van der Waals surface area contributed by atoms with E-state index in [0.717, 1.165) is 10.1 Å². The van der Waals surface area contributed by atoms with E-state index in [4.69, 9.17) is 11.6 Å². The molecule has 2 aromatic heterocycles. The third-order valence-corrected chi connectivity index (χ3v) is 5.10. The largest absolute Gasteiger partial charge is 0.332 e. The maximum atomic E-state index is 13.1. The third-order valence-electron chi connectivity index (χ3n) is 4.85. The van der Waals surface area contributed by atoms with Crippen LogP contribution in [0.5, 0.6) is 0 Å². The molecule has 0 atom stereocenters. The molecule has 10 heteroatoms. The molecule has 0 bridgehead atoms. The van der Waals surface area contributed by atoms with Crippen molar-refractivity contribution in [1.29, 1.82) is 0 Å². The first-order valence-corrected chi connectivity index (χ1v) is 9.68. The molecule has 0 unspecified atom stereocenters. The van der Waals surface area contributed by atoms with Crippen LogP contribution >= 0.6 is 11.6 Å². The Hall–Kier alpha value is -3.72. The highest BCUT2D eigenvalue weighted by molar-refractivity contribution is 6.30. The molecular weight excluding hydrogens is 423 g/mol. The molecule has 2 aromatic carbocycles. The SMILES string of the molecule is Cn1c(=O)c2c(nc(NN=Cc3ccc(F)cc3)n2Cc2ccc(Cl)cc2)n(C)c1=O. The standard InChI is InChI=1S/C21H18ClFN6O2/c1-27-18-17(19(30)28(2)21(27)31)29(12-14-3-7-15(22)8-4-14)20(25-18)26-24-11-13-5-9-16(23)10-6-13/h3-11H,12H2,1-2H3,(H,25,26). The maximum Gasteiger partial charge on any atom is 0.332 e. The fourth-order valence-corrected chi connectivity index (χ4v) is 3.30. The van der Waals surface area contributed by atoms with Gasteiger partial charge in [0.05, 0.1) is 12.8 Å². The molecule has 2 heterocycles. The molecule has 0 aliphatic carbocycles. The first-order chi connectivity index (χ1) is 14.8. The number of anilines is 1. The lowest BCUT2D eigenvalue weighted by Gasteiger charge is -2.09. The van der Waals surface area contributed by atoms with Crippen molar-refractivity contribution in [2.75, 3.05) is 5.43 Å². The predicted molar refractivity (Wildman–Crippen MR) is 118 cm³/mol. The number of hydrogen-bond donors (Lipinski definition) is 1. The highest BCUT2D eigenvalue weighted by Gasteiger charge is 2.19. The zero-order chi connectivity index (χ0) is 22.1. The minimum Gasteiger partial charge on any atom is -0.298 e. The molecule has 0 amide bonds. The van der Waals surface area contributed by atoms with Crippen molar-refractivity contribution < 1.29 is 4.39 Å². The number of aromatic nitrogens is 4. The first kappa shape index (κ1) is 20.5. The smallest absolute Gasteiger partial charge is 0.298 e. The fraction of sp³-hybridized carbons (Fsp3) is 0.143. The van der Waals surface area contributed by atoms with Crippen molar-refractivity contribution >= 4 is 34.9 Å². The summed E-state index contributed by atoms with van der Waals surface area (Å²) in [5.74, 6) is -0.0618. The van der Waals surface area contributed by atoms with Crippen molar-refractivity contribution in [3.63, 3.8) is 0 Å². The summed E-state index contributed by atoms with van der Waals surface area (Å²) in [6, 6.07) is 13.0. The number of nitrogens with one attached hydrogen (secondary N) is 1. The Morgan fingerprint density at radius 1 is 1.06 bits per heavy atom. The van der Waals surface area contributed by atoms with Gasteiger partial charge in [-0.3, -0.25) is 18.5 Å². The van der Waals surface area contributed by atoms with Crippen LogP contribution in [0, 0.1) is 5.82 Å². The predicted octanol–water partition coefficient (Wildman–Crippen LogP) is 2.72. The molecule has 8 nitrogen and oxygen atoms in total. The summed E-state index contributed by atoms with van der Waals surface area (Å²) < 4.78 is 17.1. The number of hydrogen-bond acceptors (Lipinski definition) is 5. The molecule has 0 saturated carbocycles. The van der Waals surface area contributed by atoms with Crippen LogP contribution in [0.3, 0.4) is 0 Å². The molecular formula is C21H18ClFN6O2. The lowest BCUT2D eigenvalue weighted by Crippen LogP contribution is -2.37. The molecule has 158 valence electrons. The number of nitrogens with zero attached hydrogens (tertiary/aromatic N) is 5. The van der Waals surface area contributed by atoms with E-state index in [1.807, 2.05) is 12.1 Å². The number of rotatable bonds is 5. The minimum absolute atomic E-state index is 0.238. The molecule has 0 radical (unpaired) electrons. The summed E-state index contributed by atoms with van der Waals surface area (Å²) in [6.07, 6.45) is 1.50. The Kier molecular flexibility index (Phi) is 5.43.